The minimum Gasteiger partial charge on any atom is -0.508 e. The Bertz CT molecular complexity index is 711. The van der Waals surface area contributed by atoms with Gasteiger partial charge in [0.05, 0.1) is 5.69 Å². The van der Waals surface area contributed by atoms with Gasteiger partial charge >= 0.3 is 0 Å². The minimum atomic E-state index is -0.342. The van der Waals surface area contributed by atoms with Crippen molar-refractivity contribution in [3.63, 3.8) is 0 Å². The highest BCUT2D eigenvalue weighted by Crippen LogP contribution is 2.19. The lowest BCUT2D eigenvalue weighted by molar-refractivity contribution is 0.102. The van der Waals surface area contributed by atoms with Crippen LogP contribution in [0.5, 0.6) is 5.75 Å². The first-order valence-electron chi connectivity index (χ1n) is 6.21. The van der Waals surface area contributed by atoms with Crippen molar-refractivity contribution in [2.24, 2.45) is 10.9 Å². The van der Waals surface area contributed by atoms with Gasteiger partial charge in [-0.15, -0.1) is 0 Å². The highest BCUT2D eigenvalue weighted by Gasteiger charge is 2.13. The number of aromatic hydroxyl groups is 1. The molecule has 0 heterocycles. The van der Waals surface area contributed by atoms with Crippen LogP contribution in [0.2, 0.25) is 0 Å². The van der Waals surface area contributed by atoms with Gasteiger partial charge in [0.25, 0.3) is 5.91 Å². The van der Waals surface area contributed by atoms with Crippen molar-refractivity contribution in [2.75, 3.05) is 5.32 Å². The molecular weight excluding hydrogens is 270 g/mol. The van der Waals surface area contributed by atoms with Crippen molar-refractivity contribution in [3.05, 3.63) is 59.2 Å². The standard InChI is InChI=1S/C15H15N3O3/c1-9-8-10(19)6-7-11(9)15(20)17-13-5-3-2-4-12(13)14(16)18-21/h2-8,19,21H,1H3,(H2,16,18)(H,17,20). The van der Waals surface area contributed by atoms with Crippen molar-refractivity contribution in [1.82, 2.24) is 0 Å². The fraction of sp³-hybridized carbons (Fsp3) is 0.0667. The van der Waals surface area contributed by atoms with Crippen LogP contribution in [0.15, 0.2) is 47.6 Å². The Morgan fingerprint density at radius 1 is 1.19 bits per heavy atom. The van der Waals surface area contributed by atoms with Crippen LogP contribution in [-0.4, -0.2) is 22.1 Å². The maximum atomic E-state index is 12.3. The van der Waals surface area contributed by atoms with E-state index in [1.807, 2.05) is 0 Å². The zero-order chi connectivity index (χ0) is 15.4. The highest BCUT2D eigenvalue weighted by atomic mass is 16.4. The number of rotatable bonds is 3. The molecule has 0 spiro atoms. The molecule has 0 aliphatic heterocycles. The average Bonchev–Trinajstić information content (AvgIpc) is 2.46. The van der Waals surface area contributed by atoms with Crippen molar-refractivity contribution in [1.29, 1.82) is 0 Å². The van der Waals surface area contributed by atoms with Crippen LogP contribution in [0.3, 0.4) is 0 Å². The topological polar surface area (TPSA) is 108 Å². The summed E-state index contributed by atoms with van der Waals surface area (Å²) in [5.41, 5.74) is 7.51. The van der Waals surface area contributed by atoms with Crippen molar-refractivity contribution < 1.29 is 15.1 Å². The first-order chi connectivity index (χ1) is 10.0. The van der Waals surface area contributed by atoms with Crippen LogP contribution in [0, 0.1) is 6.92 Å². The van der Waals surface area contributed by atoms with Gasteiger partial charge in [-0.2, -0.15) is 0 Å². The number of hydrogen-bond acceptors (Lipinski definition) is 4. The number of phenols is 1. The molecule has 6 nitrogen and oxygen atoms in total. The van der Waals surface area contributed by atoms with E-state index in [4.69, 9.17) is 10.9 Å². The smallest absolute Gasteiger partial charge is 0.255 e. The number of nitrogens with zero attached hydrogens (tertiary/aromatic N) is 1. The molecule has 5 N–H and O–H groups in total. The second kappa shape index (κ2) is 5.96. The van der Waals surface area contributed by atoms with Gasteiger partial charge in [0, 0.05) is 11.1 Å². The summed E-state index contributed by atoms with van der Waals surface area (Å²) in [6.07, 6.45) is 0. The van der Waals surface area contributed by atoms with E-state index in [1.54, 1.807) is 31.2 Å². The SMILES string of the molecule is Cc1cc(O)ccc1C(=O)Nc1ccccc1/C(N)=N/O. The average molecular weight is 285 g/mol. The van der Waals surface area contributed by atoms with Gasteiger partial charge in [0.2, 0.25) is 0 Å². The number of carbonyl (C=O) groups excluding carboxylic acids is 1. The number of carbonyl (C=O) groups is 1. The maximum absolute atomic E-state index is 12.3. The largest absolute Gasteiger partial charge is 0.508 e. The van der Waals surface area contributed by atoms with Crippen molar-refractivity contribution in [3.8, 4) is 5.75 Å². The van der Waals surface area contributed by atoms with E-state index >= 15 is 0 Å². The molecule has 0 fully saturated rings. The third kappa shape index (κ3) is 3.11. The number of amides is 1. The van der Waals surface area contributed by atoms with Gasteiger partial charge in [-0.25, -0.2) is 0 Å². The van der Waals surface area contributed by atoms with Crippen LogP contribution in [-0.2, 0) is 0 Å². The molecule has 0 aliphatic rings. The summed E-state index contributed by atoms with van der Waals surface area (Å²) in [4.78, 5) is 12.3. The second-order valence-electron chi connectivity index (χ2n) is 4.48. The van der Waals surface area contributed by atoms with E-state index in [2.05, 4.69) is 10.5 Å². The molecule has 0 bridgehead atoms. The van der Waals surface area contributed by atoms with E-state index in [1.165, 1.54) is 18.2 Å². The van der Waals surface area contributed by atoms with Gasteiger partial charge in [-0.05, 0) is 42.8 Å². The lowest BCUT2D eigenvalue weighted by Crippen LogP contribution is -2.19. The molecule has 0 saturated carbocycles. The first-order valence-corrected chi connectivity index (χ1v) is 6.21. The summed E-state index contributed by atoms with van der Waals surface area (Å²) >= 11 is 0. The molecule has 0 atom stereocenters. The van der Waals surface area contributed by atoms with E-state index < -0.39 is 0 Å². The highest BCUT2D eigenvalue weighted by molar-refractivity contribution is 6.10. The predicted molar refractivity (Wildman–Crippen MR) is 79.7 cm³/mol. The van der Waals surface area contributed by atoms with Gasteiger partial charge in [-0.1, -0.05) is 17.3 Å². The number of aryl methyl sites for hydroxylation is 1. The Morgan fingerprint density at radius 2 is 1.90 bits per heavy atom. The molecule has 2 rings (SSSR count). The number of phenolic OH excluding ortho intramolecular Hbond substituents is 1. The molecule has 0 aliphatic carbocycles. The number of amidine groups is 1. The Morgan fingerprint density at radius 3 is 2.57 bits per heavy atom. The number of nitrogens with one attached hydrogen (secondary N) is 1. The quantitative estimate of drug-likeness (QED) is 0.299. The van der Waals surface area contributed by atoms with Crippen LogP contribution in [0.4, 0.5) is 5.69 Å². The molecule has 0 radical (unpaired) electrons. The van der Waals surface area contributed by atoms with Gasteiger partial charge in [-0.3, -0.25) is 4.79 Å². The fourth-order valence-electron chi connectivity index (χ4n) is 1.96. The number of benzene rings is 2. The molecule has 21 heavy (non-hydrogen) atoms. The van der Waals surface area contributed by atoms with E-state index in [9.17, 15) is 9.90 Å². The van der Waals surface area contributed by atoms with Crippen LogP contribution in [0.25, 0.3) is 0 Å². The molecular formula is C15H15N3O3. The maximum Gasteiger partial charge on any atom is 0.255 e. The summed E-state index contributed by atoms with van der Waals surface area (Å²) in [5, 5.41) is 23.8. The van der Waals surface area contributed by atoms with Crippen LogP contribution in [0.1, 0.15) is 21.5 Å². The summed E-state index contributed by atoms with van der Waals surface area (Å²) in [7, 11) is 0. The van der Waals surface area contributed by atoms with Crippen LogP contribution >= 0.6 is 0 Å². The predicted octanol–water partition coefficient (Wildman–Crippen LogP) is 2.05. The number of nitrogens with two attached hydrogens (primary N) is 1. The Labute approximate surface area is 121 Å². The number of para-hydroxylation sites is 1. The van der Waals surface area contributed by atoms with Crippen molar-refractivity contribution in [2.45, 2.75) is 6.92 Å². The third-order valence-corrected chi connectivity index (χ3v) is 3.01. The number of hydrogen-bond donors (Lipinski definition) is 4. The lowest BCUT2D eigenvalue weighted by atomic mass is 10.1. The molecule has 6 heteroatoms. The summed E-state index contributed by atoms with van der Waals surface area (Å²) < 4.78 is 0. The fourth-order valence-corrected chi connectivity index (χ4v) is 1.96. The normalized spacial score (nSPS) is 11.2. The molecule has 2 aromatic rings. The molecule has 0 aromatic heterocycles. The zero-order valence-electron chi connectivity index (χ0n) is 11.4. The summed E-state index contributed by atoms with van der Waals surface area (Å²) in [6.45, 7) is 1.73. The second-order valence-corrected chi connectivity index (χ2v) is 4.48. The summed E-state index contributed by atoms with van der Waals surface area (Å²) in [6, 6.07) is 11.2. The van der Waals surface area contributed by atoms with E-state index in [-0.39, 0.29) is 17.5 Å². The number of oxime groups is 1. The first kappa shape index (κ1) is 14.4. The van der Waals surface area contributed by atoms with Gasteiger partial charge in [0.1, 0.15) is 5.75 Å². The molecule has 0 unspecified atom stereocenters. The monoisotopic (exact) mass is 285 g/mol. The summed E-state index contributed by atoms with van der Waals surface area (Å²) in [5.74, 6) is -0.333. The number of anilines is 1. The minimum absolute atomic E-state index is 0.0895. The van der Waals surface area contributed by atoms with E-state index in [0.29, 0.717) is 22.4 Å². The molecule has 108 valence electrons. The Hall–Kier alpha value is -3.02. The van der Waals surface area contributed by atoms with Gasteiger partial charge in [0.15, 0.2) is 5.84 Å². The van der Waals surface area contributed by atoms with E-state index in [0.717, 1.165) is 0 Å². The molecule has 0 saturated heterocycles. The molecule has 1 amide bonds. The Balaban J connectivity index is 2.32. The molecule has 2 aromatic carbocycles. The Kier molecular flexibility index (Phi) is 4.08. The van der Waals surface area contributed by atoms with Crippen molar-refractivity contribution >= 4 is 17.4 Å². The zero-order valence-corrected chi connectivity index (χ0v) is 11.4. The van der Waals surface area contributed by atoms with Crippen LogP contribution < -0.4 is 11.1 Å². The lowest BCUT2D eigenvalue weighted by Gasteiger charge is -2.11. The van der Waals surface area contributed by atoms with Gasteiger partial charge < -0.3 is 21.4 Å². The third-order valence-electron chi connectivity index (χ3n) is 3.01.